The Balaban J connectivity index is 2.53. The molecular weight excluding hydrogens is 496 g/mol. The molecule has 1 aromatic rings. The molecular formula is C12H12Br4O2. The van der Waals surface area contributed by atoms with Gasteiger partial charge in [-0.3, -0.25) is 4.79 Å². The van der Waals surface area contributed by atoms with Crippen molar-refractivity contribution >= 4 is 69.7 Å². The van der Waals surface area contributed by atoms with Crippen molar-refractivity contribution in [2.45, 2.75) is 14.5 Å². The minimum Gasteiger partial charge on any atom is -0.464 e. The Morgan fingerprint density at radius 3 is 2.33 bits per heavy atom. The third-order valence-corrected chi connectivity index (χ3v) is 7.08. The van der Waals surface area contributed by atoms with Crippen molar-refractivity contribution in [3.8, 4) is 0 Å². The highest BCUT2D eigenvalue weighted by Crippen LogP contribution is 2.31. The summed E-state index contributed by atoms with van der Waals surface area (Å²) in [6.45, 7) is 0.348. The second-order valence-corrected chi connectivity index (χ2v) is 7.51. The van der Waals surface area contributed by atoms with Crippen LogP contribution in [0.5, 0.6) is 0 Å². The average molecular weight is 508 g/mol. The Hall–Kier alpha value is 0.610. The van der Waals surface area contributed by atoms with Gasteiger partial charge in [0.25, 0.3) is 0 Å². The summed E-state index contributed by atoms with van der Waals surface area (Å²) in [4.78, 5) is 11.5. The molecule has 6 heteroatoms. The fraction of sp³-hybridized carbons (Fsp3) is 0.417. The fourth-order valence-electron chi connectivity index (χ4n) is 1.22. The molecule has 0 aliphatic heterocycles. The smallest absolute Gasteiger partial charge is 0.321 e. The summed E-state index contributed by atoms with van der Waals surface area (Å²) in [5.74, 6) is -0.272. The van der Waals surface area contributed by atoms with Crippen molar-refractivity contribution in [1.29, 1.82) is 0 Å². The molecule has 0 aliphatic carbocycles. The molecule has 0 saturated carbocycles. The number of hydrogen-bond acceptors (Lipinski definition) is 2. The second kappa shape index (κ2) is 8.72. The lowest BCUT2D eigenvalue weighted by atomic mass is 10.1. The maximum atomic E-state index is 11.8. The van der Waals surface area contributed by atoms with E-state index in [0.29, 0.717) is 6.61 Å². The molecule has 0 amide bonds. The van der Waals surface area contributed by atoms with Crippen LogP contribution in [0.2, 0.25) is 0 Å². The first-order valence-electron chi connectivity index (χ1n) is 5.26. The number of rotatable bonds is 6. The number of benzene rings is 1. The molecule has 3 atom stereocenters. The summed E-state index contributed by atoms with van der Waals surface area (Å²) in [5, 5.41) is 0.740. The van der Waals surface area contributed by atoms with Crippen molar-refractivity contribution in [2.24, 2.45) is 0 Å². The van der Waals surface area contributed by atoms with Gasteiger partial charge in [0.2, 0.25) is 0 Å². The van der Waals surface area contributed by atoms with Crippen LogP contribution in [0.15, 0.2) is 30.3 Å². The van der Waals surface area contributed by atoms with Gasteiger partial charge in [0, 0.05) is 5.33 Å². The van der Waals surface area contributed by atoms with Crippen molar-refractivity contribution in [3.63, 3.8) is 0 Å². The molecule has 1 aromatic carbocycles. The van der Waals surface area contributed by atoms with Crippen molar-refractivity contribution in [1.82, 2.24) is 0 Å². The molecule has 0 bridgehead atoms. The molecule has 0 unspecified atom stereocenters. The fourth-order valence-corrected chi connectivity index (χ4v) is 2.50. The maximum absolute atomic E-state index is 11.8. The van der Waals surface area contributed by atoms with Crippen LogP contribution in [0, 0.1) is 0 Å². The van der Waals surface area contributed by atoms with Gasteiger partial charge in [0.1, 0.15) is 11.4 Å². The van der Waals surface area contributed by atoms with E-state index >= 15 is 0 Å². The Bertz CT molecular complexity index is 372. The summed E-state index contributed by atoms with van der Waals surface area (Å²) >= 11 is 13.6. The van der Waals surface area contributed by atoms with Crippen molar-refractivity contribution in [2.75, 3.05) is 11.9 Å². The standard InChI is InChI=1S/C12H12Br4O2/c13-6-9(14)7-18-12(17)11(16)10(15)8-4-2-1-3-5-8/h1-5,9-11H,6-7H2/t9-,10-,11-/m1/s1. The van der Waals surface area contributed by atoms with E-state index < -0.39 is 4.83 Å². The Labute approximate surface area is 140 Å². The van der Waals surface area contributed by atoms with E-state index in [-0.39, 0.29) is 15.6 Å². The van der Waals surface area contributed by atoms with E-state index in [2.05, 4.69) is 63.7 Å². The average Bonchev–Trinajstić information content (AvgIpc) is 2.43. The number of alkyl halides is 4. The summed E-state index contributed by atoms with van der Waals surface area (Å²) in [7, 11) is 0. The molecule has 0 N–H and O–H groups in total. The largest absolute Gasteiger partial charge is 0.464 e. The highest BCUT2D eigenvalue weighted by Gasteiger charge is 2.26. The molecule has 100 valence electrons. The van der Waals surface area contributed by atoms with Crippen LogP contribution in [0.1, 0.15) is 10.4 Å². The Morgan fingerprint density at radius 2 is 1.78 bits per heavy atom. The lowest BCUT2D eigenvalue weighted by Crippen LogP contribution is -2.24. The molecule has 0 heterocycles. The monoisotopic (exact) mass is 504 g/mol. The van der Waals surface area contributed by atoms with Crippen molar-refractivity contribution < 1.29 is 9.53 Å². The molecule has 0 saturated heterocycles. The van der Waals surface area contributed by atoms with E-state index in [4.69, 9.17) is 4.74 Å². The first kappa shape index (κ1) is 16.7. The number of carbonyl (C=O) groups is 1. The molecule has 0 aliphatic rings. The van der Waals surface area contributed by atoms with Gasteiger partial charge in [-0.25, -0.2) is 0 Å². The SMILES string of the molecule is O=C(OC[C@H](Br)CBr)[C@H](Br)[C@H](Br)c1ccccc1. The van der Waals surface area contributed by atoms with Crippen LogP contribution in [0.3, 0.4) is 0 Å². The van der Waals surface area contributed by atoms with Gasteiger partial charge in [-0.2, -0.15) is 0 Å². The molecule has 1 rings (SSSR count). The van der Waals surface area contributed by atoms with Gasteiger partial charge < -0.3 is 4.74 Å². The first-order valence-corrected chi connectivity index (χ1v) is 9.13. The van der Waals surface area contributed by atoms with Gasteiger partial charge in [-0.1, -0.05) is 94.1 Å². The van der Waals surface area contributed by atoms with E-state index in [0.717, 1.165) is 10.9 Å². The zero-order valence-electron chi connectivity index (χ0n) is 9.36. The van der Waals surface area contributed by atoms with Gasteiger partial charge in [-0.05, 0) is 5.56 Å². The van der Waals surface area contributed by atoms with Crippen LogP contribution in [0.4, 0.5) is 0 Å². The highest BCUT2D eigenvalue weighted by molar-refractivity contribution is 9.12. The highest BCUT2D eigenvalue weighted by atomic mass is 79.9. The van der Waals surface area contributed by atoms with Gasteiger partial charge >= 0.3 is 5.97 Å². The molecule has 18 heavy (non-hydrogen) atoms. The number of carbonyl (C=O) groups excluding carboxylic acids is 1. The lowest BCUT2D eigenvalue weighted by Gasteiger charge is -2.17. The Morgan fingerprint density at radius 1 is 1.17 bits per heavy atom. The van der Waals surface area contributed by atoms with E-state index in [9.17, 15) is 4.79 Å². The van der Waals surface area contributed by atoms with Gasteiger partial charge in [0.15, 0.2) is 0 Å². The van der Waals surface area contributed by atoms with E-state index in [1.165, 1.54) is 0 Å². The van der Waals surface area contributed by atoms with Gasteiger partial charge in [0.05, 0.1) is 9.65 Å². The molecule has 0 radical (unpaired) electrons. The molecule has 2 nitrogen and oxygen atoms in total. The molecule has 0 fully saturated rings. The Kier molecular flexibility index (Phi) is 8.07. The zero-order chi connectivity index (χ0) is 13.5. The maximum Gasteiger partial charge on any atom is 0.321 e. The number of halogens is 4. The topological polar surface area (TPSA) is 26.3 Å². The summed E-state index contributed by atoms with van der Waals surface area (Å²) in [6.07, 6.45) is 0. The minimum absolute atomic E-state index is 0.107. The van der Waals surface area contributed by atoms with Crippen LogP contribution in [0.25, 0.3) is 0 Å². The van der Waals surface area contributed by atoms with E-state index in [1.54, 1.807) is 0 Å². The summed E-state index contributed by atoms with van der Waals surface area (Å²) in [5.41, 5.74) is 1.03. The molecule has 0 spiro atoms. The van der Waals surface area contributed by atoms with Crippen LogP contribution < -0.4 is 0 Å². The number of hydrogen-bond donors (Lipinski definition) is 0. The quantitative estimate of drug-likeness (QED) is 0.416. The van der Waals surface area contributed by atoms with Crippen LogP contribution >= 0.6 is 63.7 Å². The summed E-state index contributed by atoms with van der Waals surface area (Å²) < 4.78 is 5.21. The van der Waals surface area contributed by atoms with Gasteiger partial charge in [-0.15, -0.1) is 0 Å². The normalized spacial score (nSPS) is 15.8. The van der Waals surface area contributed by atoms with Crippen LogP contribution in [-0.4, -0.2) is 27.6 Å². The second-order valence-electron chi connectivity index (χ2n) is 3.60. The first-order chi connectivity index (χ1) is 8.56. The van der Waals surface area contributed by atoms with Crippen molar-refractivity contribution in [3.05, 3.63) is 35.9 Å². The third kappa shape index (κ3) is 5.31. The summed E-state index contributed by atoms with van der Waals surface area (Å²) in [6, 6.07) is 9.75. The predicted molar refractivity (Wildman–Crippen MR) is 88.3 cm³/mol. The number of esters is 1. The lowest BCUT2D eigenvalue weighted by molar-refractivity contribution is -0.142. The molecule has 0 aromatic heterocycles. The number of ether oxygens (including phenoxy) is 1. The third-order valence-electron chi connectivity index (χ3n) is 2.17. The minimum atomic E-state index is -0.407. The van der Waals surface area contributed by atoms with Crippen LogP contribution in [-0.2, 0) is 9.53 Å². The van der Waals surface area contributed by atoms with E-state index in [1.807, 2.05) is 30.3 Å². The predicted octanol–water partition coefficient (Wildman–Crippen LogP) is 4.59. The zero-order valence-corrected chi connectivity index (χ0v) is 15.7.